The molecule has 1 saturated carbocycles. The SMILES string of the molecule is CN=C(NCCCC1CCCCC1)NCc1nncn1C. The first-order valence-electron chi connectivity index (χ1n) is 8.07. The maximum absolute atomic E-state index is 4.24. The molecule has 6 nitrogen and oxygen atoms in total. The summed E-state index contributed by atoms with van der Waals surface area (Å²) in [5.41, 5.74) is 0. The number of aliphatic imine (C=N–C) groups is 1. The fourth-order valence-electron chi connectivity index (χ4n) is 2.92. The van der Waals surface area contributed by atoms with E-state index in [1.54, 1.807) is 13.4 Å². The molecule has 1 aliphatic rings. The van der Waals surface area contributed by atoms with Crippen molar-refractivity contribution in [2.45, 2.75) is 51.5 Å². The molecule has 1 aromatic heterocycles. The Morgan fingerprint density at radius 1 is 1.33 bits per heavy atom. The van der Waals surface area contributed by atoms with Crippen LogP contribution in [0.3, 0.4) is 0 Å². The number of nitrogens with zero attached hydrogens (tertiary/aromatic N) is 4. The third-order valence-electron chi connectivity index (χ3n) is 4.25. The second-order valence-corrected chi connectivity index (χ2v) is 5.86. The topological polar surface area (TPSA) is 67.1 Å². The van der Waals surface area contributed by atoms with Crippen molar-refractivity contribution in [3.8, 4) is 0 Å². The summed E-state index contributed by atoms with van der Waals surface area (Å²) in [6.45, 7) is 1.62. The number of aryl methyl sites for hydroxylation is 1. The Morgan fingerprint density at radius 3 is 2.81 bits per heavy atom. The van der Waals surface area contributed by atoms with E-state index in [1.807, 2.05) is 11.6 Å². The highest BCUT2D eigenvalue weighted by Gasteiger charge is 2.12. The Hall–Kier alpha value is -1.59. The van der Waals surface area contributed by atoms with Gasteiger partial charge in [-0.3, -0.25) is 4.99 Å². The van der Waals surface area contributed by atoms with E-state index in [2.05, 4.69) is 25.8 Å². The predicted molar refractivity (Wildman–Crippen MR) is 85.0 cm³/mol. The summed E-state index contributed by atoms with van der Waals surface area (Å²) >= 11 is 0. The summed E-state index contributed by atoms with van der Waals surface area (Å²) < 4.78 is 1.91. The Morgan fingerprint density at radius 2 is 2.14 bits per heavy atom. The molecule has 2 rings (SSSR count). The molecule has 21 heavy (non-hydrogen) atoms. The molecule has 0 spiro atoms. The number of guanidine groups is 1. The normalized spacial score (nSPS) is 17.0. The molecule has 0 aliphatic heterocycles. The highest BCUT2D eigenvalue weighted by Crippen LogP contribution is 2.26. The van der Waals surface area contributed by atoms with Crippen LogP contribution in [0.4, 0.5) is 0 Å². The number of rotatable bonds is 6. The van der Waals surface area contributed by atoms with Gasteiger partial charge < -0.3 is 15.2 Å². The van der Waals surface area contributed by atoms with Gasteiger partial charge in [0, 0.05) is 20.6 Å². The highest BCUT2D eigenvalue weighted by atomic mass is 15.3. The molecule has 2 N–H and O–H groups in total. The largest absolute Gasteiger partial charge is 0.356 e. The van der Waals surface area contributed by atoms with Crippen LogP contribution in [0.2, 0.25) is 0 Å². The molecule has 1 aromatic rings. The Balaban J connectivity index is 1.60. The first-order chi connectivity index (χ1) is 10.3. The Labute approximate surface area is 127 Å². The van der Waals surface area contributed by atoms with Crippen LogP contribution in [-0.4, -0.2) is 34.3 Å². The zero-order valence-electron chi connectivity index (χ0n) is 13.3. The number of aromatic nitrogens is 3. The zero-order valence-corrected chi connectivity index (χ0v) is 13.3. The molecule has 1 aliphatic carbocycles. The van der Waals surface area contributed by atoms with Gasteiger partial charge in [0.15, 0.2) is 11.8 Å². The molecular weight excluding hydrogens is 264 g/mol. The standard InChI is InChI=1S/C15H28N6/c1-16-15(18-11-14-20-19-12-21(14)2)17-10-6-9-13-7-4-3-5-8-13/h12-13H,3-11H2,1-2H3,(H2,16,17,18). The minimum absolute atomic E-state index is 0.638. The van der Waals surface area contributed by atoms with Crippen molar-refractivity contribution in [1.82, 2.24) is 25.4 Å². The first kappa shape index (κ1) is 15.8. The van der Waals surface area contributed by atoms with Crippen LogP contribution in [0, 0.1) is 5.92 Å². The van der Waals surface area contributed by atoms with Crippen molar-refractivity contribution < 1.29 is 0 Å². The molecule has 0 radical (unpaired) electrons. The lowest BCUT2D eigenvalue weighted by molar-refractivity contribution is 0.332. The quantitative estimate of drug-likeness (QED) is 0.477. The van der Waals surface area contributed by atoms with Crippen LogP contribution in [0.25, 0.3) is 0 Å². The predicted octanol–water partition coefficient (Wildman–Crippen LogP) is 1.84. The van der Waals surface area contributed by atoms with E-state index in [-0.39, 0.29) is 0 Å². The Bertz CT molecular complexity index is 433. The molecule has 0 bridgehead atoms. The molecule has 6 heteroatoms. The average Bonchev–Trinajstić information content (AvgIpc) is 2.93. The minimum Gasteiger partial charge on any atom is -0.356 e. The monoisotopic (exact) mass is 292 g/mol. The van der Waals surface area contributed by atoms with E-state index in [0.717, 1.165) is 24.2 Å². The molecule has 0 amide bonds. The van der Waals surface area contributed by atoms with Crippen molar-refractivity contribution in [3.05, 3.63) is 12.2 Å². The highest BCUT2D eigenvalue weighted by molar-refractivity contribution is 5.79. The lowest BCUT2D eigenvalue weighted by Crippen LogP contribution is -2.37. The van der Waals surface area contributed by atoms with Crippen LogP contribution in [-0.2, 0) is 13.6 Å². The molecular formula is C15H28N6. The van der Waals surface area contributed by atoms with Crippen LogP contribution in [0.15, 0.2) is 11.3 Å². The third-order valence-corrected chi connectivity index (χ3v) is 4.25. The third kappa shape index (κ3) is 5.36. The summed E-state index contributed by atoms with van der Waals surface area (Å²) in [5.74, 6) is 2.69. The van der Waals surface area contributed by atoms with E-state index >= 15 is 0 Å². The number of nitrogens with one attached hydrogen (secondary N) is 2. The van der Waals surface area contributed by atoms with Gasteiger partial charge in [-0.05, 0) is 18.8 Å². The van der Waals surface area contributed by atoms with Gasteiger partial charge in [-0.2, -0.15) is 0 Å². The van der Waals surface area contributed by atoms with Gasteiger partial charge in [-0.25, -0.2) is 0 Å². The van der Waals surface area contributed by atoms with Crippen molar-refractivity contribution in [3.63, 3.8) is 0 Å². The summed E-state index contributed by atoms with van der Waals surface area (Å²) in [6.07, 6.45) is 11.4. The first-order valence-corrected chi connectivity index (χ1v) is 8.07. The van der Waals surface area contributed by atoms with Crippen molar-refractivity contribution >= 4 is 5.96 Å². The average molecular weight is 292 g/mol. The van der Waals surface area contributed by atoms with Crippen LogP contribution in [0.5, 0.6) is 0 Å². The fourth-order valence-corrected chi connectivity index (χ4v) is 2.92. The minimum atomic E-state index is 0.638. The van der Waals surface area contributed by atoms with Gasteiger partial charge in [0.05, 0.1) is 6.54 Å². The van der Waals surface area contributed by atoms with Gasteiger partial charge in [-0.1, -0.05) is 32.1 Å². The maximum atomic E-state index is 4.24. The van der Waals surface area contributed by atoms with Crippen molar-refractivity contribution in [1.29, 1.82) is 0 Å². The molecule has 1 fully saturated rings. The van der Waals surface area contributed by atoms with E-state index in [1.165, 1.54) is 44.9 Å². The Kier molecular flexibility index (Phi) is 6.50. The van der Waals surface area contributed by atoms with Crippen LogP contribution >= 0.6 is 0 Å². The summed E-state index contributed by atoms with van der Waals surface area (Å²) in [6, 6.07) is 0. The summed E-state index contributed by atoms with van der Waals surface area (Å²) in [7, 11) is 3.74. The summed E-state index contributed by atoms with van der Waals surface area (Å²) in [4.78, 5) is 4.24. The summed E-state index contributed by atoms with van der Waals surface area (Å²) in [5, 5.41) is 14.6. The molecule has 0 saturated heterocycles. The van der Waals surface area contributed by atoms with E-state index in [4.69, 9.17) is 0 Å². The zero-order chi connectivity index (χ0) is 14.9. The van der Waals surface area contributed by atoms with Gasteiger partial charge in [-0.15, -0.1) is 10.2 Å². The smallest absolute Gasteiger partial charge is 0.191 e. The van der Waals surface area contributed by atoms with E-state index < -0.39 is 0 Å². The lowest BCUT2D eigenvalue weighted by Gasteiger charge is -2.21. The van der Waals surface area contributed by atoms with Crippen molar-refractivity contribution in [2.24, 2.45) is 18.0 Å². The van der Waals surface area contributed by atoms with E-state index in [9.17, 15) is 0 Å². The van der Waals surface area contributed by atoms with Crippen molar-refractivity contribution in [2.75, 3.05) is 13.6 Å². The molecule has 0 aromatic carbocycles. The molecule has 1 heterocycles. The van der Waals surface area contributed by atoms with Crippen LogP contribution in [0.1, 0.15) is 50.8 Å². The number of hydrogen-bond acceptors (Lipinski definition) is 3. The second kappa shape index (κ2) is 8.64. The van der Waals surface area contributed by atoms with Gasteiger partial charge >= 0.3 is 0 Å². The second-order valence-electron chi connectivity index (χ2n) is 5.86. The van der Waals surface area contributed by atoms with Crippen LogP contribution < -0.4 is 10.6 Å². The van der Waals surface area contributed by atoms with Gasteiger partial charge in [0.2, 0.25) is 0 Å². The number of hydrogen-bond donors (Lipinski definition) is 2. The van der Waals surface area contributed by atoms with Gasteiger partial charge in [0.25, 0.3) is 0 Å². The molecule has 0 atom stereocenters. The maximum Gasteiger partial charge on any atom is 0.191 e. The molecule has 118 valence electrons. The fraction of sp³-hybridized carbons (Fsp3) is 0.800. The molecule has 0 unspecified atom stereocenters. The van der Waals surface area contributed by atoms with E-state index in [0.29, 0.717) is 6.54 Å². The lowest BCUT2D eigenvalue weighted by atomic mass is 9.86. The van der Waals surface area contributed by atoms with Gasteiger partial charge in [0.1, 0.15) is 6.33 Å².